The summed E-state index contributed by atoms with van der Waals surface area (Å²) < 4.78 is 49.4. The zero-order valence-corrected chi connectivity index (χ0v) is 7.13. The summed E-state index contributed by atoms with van der Waals surface area (Å²) in [7, 11) is -4.54. The summed E-state index contributed by atoms with van der Waals surface area (Å²) in [6.45, 7) is 0. The Morgan fingerprint density at radius 3 is 2.08 bits per heavy atom. The molecular weight excluding hydrogens is 218 g/mol. The Bertz CT molecular complexity index is 293. The van der Waals surface area contributed by atoms with Crippen LogP contribution in [0.15, 0.2) is 29.4 Å². The molecule has 12 heavy (non-hydrogen) atoms. The third-order valence-electron chi connectivity index (χ3n) is 1.08. The second-order valence-electron chi connectivity index (χ2n) is 2.16. The smallest absolute Gasteiger partial charge is 0.255 e. The van der Waals surface area contributed by atoms with Gasteiger partial charge in [-0.25, -0.2) is 0 Å². The van der Waals surface area contributed by atoms with Gasteiger partial charge in [0.1, 0.15) is 4.90 Å². The summed E-state index contributed by atoms with van der Waals surface area (Å²) in [6.07, 6.45) is 1.46. The highest BCUT2D eigenvalue weighted by atomic mass is 35.7. The fourth-order valence-corrected chi connectivity index (χ4v) is 1.44. The third-order valence-corrected chi connectivity index (χ3v) is 2.75. The first kappa shape index (κ1) is 9.60. The van der Waals surface area contributed by atoms with Gasteiger partial charge in [-0.2, -0.15) is 0 Å². The Balaban J connectivity index is 3.36. The number of aromatic nitrogens is 1. The summed E-state index contributed by atoms with van der Waals surface area (Å²) in [6, 6.07) is 1.51. The van der Waals surface area contributed by atoms with E-state index < -0.39 is 13.9 Å². The molecule has 0 N–H and O–H groups in total. The van der Waals surface area contributed by atoms with Gasteiger partial charge in [0.25, 0.3) is 9.05 Å². The molecule has 0 atom stereocenters. The van der Waals surface area contributed by atoms with E-state index in [0.29, 0.717) is 12.3 Å². The van der Waals surface area contributed by atoms with Crippen molar-refractivity contribution in [2.24, 2.45) is 0 Å². The van der Waals surface area contributed by atoms with Crippen LogP contribution < -0.4 is 0 Å². The van der Waals surface area contributed by atoms with Crippen LogP contribution in [0.25, 0.3) is 0 Å². The van der Waals surface area contributed by atoms with Crippen molar-refractivity contribution in [3.8, 4) is 0 Å². The maximum absolute atomic E-state index is 12.3. The molecule has 0 amide bonds. The lowest BCUT2D eigenvalue weighted by Crippen LogP contribution is -2.04. The highest BCUT2D eigenvalue weighted by Gasteiger charge is 2.63. The van der Waals surface area contributed by atoms with Gasteiger partial charge in [-0.05, 0) is 12.1 Å². The predicted octanol–water partition coefficient (Wildman–Crippen LogP) is 4.01. The fraction of sp³-hybridized carbons (Fsp3) is 0. The van der Waals surface area contributed by atoms with Crippen molar-refractivity contribution in [3.63, 3.8) is 0 Å². The number of hydrogen-bond donors (Lipinski definition) is 0. The molecular formula is C5H4ClF4NS. The van der Waals surface area contributed by atoms with Gasteiger partial charge in [-0.1, -0.05) is 0 Å². The van der Waals surface area contributed by atoms with Crippen LogP contribution in [0.2, 0.25) is 0 Å². The fourth-order valence-electron chi connectivity index (χ4n) is 0.575. The molecule has 0 aliphatic rings. The SMILES string of the molecule is FS(F)(F)(F)(Cl)c1cccnc1. The Kier molecular flexibility index (Phi) is 1.50. The van der Waals surface area contributed by atoms with Crippen LogP contribution in [0.1, 0.15) is 0 Å². The number of nitrogens with zero attached hydrogens (tertiary/aromatic N) is 1. The van der Waals surface area contributed by atoms with Gasteiger partial charge in [0, 0.05) is 23.1 Å². The molecule has 0 saturated carbocycles. The van der Waals surface area contributed by atoms with E-state index in [1.54, 1.807) is 0 Å². The van der Waals surface area contributed by atoms with Crippen molar-refractivity contribution in [3.05, 3.63) is 24.5 Å². The van der Waals surface area contributed by atoms with Crippen LogP contribution in [0, 0.1) is 0 Å². The summed E-state index contributed by atoms with van der Waals surface area (Å²) in [5.41, 5.74) is 0. The molecule has 0 aromatic carbocycles. The lowest BCUT2D eigenvalue weighted by Gasteiger charge is -2.42. The lowest BCUT2D eigenvalue weighted by molar-refractivity contribution is 0.479. The molecule has 0 aliphatic carbocycles. The van der Waals surface area contributed by atoms with Gasteiger partial charge in [0.2, 0.25) is 0 Å². The minimum Gasteiger partial charge on any atom is -0.263 e. The summed E-state index contributed by atoms with van der Waals surface area (Å²) in [5, 5.41) is 0. The predicted molar refractivity (Wildman–Crippen MR) is 40.4 cm³/mol. The first-order chi connectivity index (χ1) is 5.09. The number of halogens is 5. The topological polar surface area (TPSA) is 12.9 Å². The molecule has 0 bridgehead atoms. The largest absolute Gasteiger partial charge is 0.263 e. The highest BCUT2D eigenvalue weighted by molar-refractivity contribution is 8.65. The van der Waals surface area contributed by atoms with E-state index in [9.17, 15) is 15.5 Å². The Morgan fingerprint density at radius 2 is 1.83 bits per heavy atom. The Labute approximate surface area is 70.3 Å². The molecule has 7 heteroatoms. The maximum Gasteiger partial charge on any atom is 0.255 e. The van der Waals surface area contributed by atoms with Gasteiger partial charge in [0.15, 0.2) is 0 Å². The lowest BCUT2D eigenvalue weighted by atomic mass is 10.5. The number of pyridine rings is 1. The molecule has 0 radical (unpaired) electrons. The van der Waals surface area contributed by atoms with Crippen LogP contribution in [0.3, 0.4) is 0 Å². The van der Waals surface area contributed by atoms with Crippen LogP contribution in [-0.2, 0) is 0 Å². The van der Waals surface area contributed by atoms with Gasteiger partial charge in [-0.3, -0.25) is 4.98 Å². The molecule has 1 aromatic heterocycles. The Morgan fingerprint density at radius 1 is 1.25 bits per heavy atom. The molecule has 0 saturated heterocycles. The quantitative estimate of drug-likeness (QED) is 0.653. The van der Waals surface area contributed by atoms with Crippen LogP contribution >= 0.6 is 19.7 Å². The Hall–Kier alpha value is -0.490. The van der Waals surface area contributed by atoms with Crippen molar-refractivity contribution in [2.45, 2.75) is 4.90 Å². The molecule has 1 nitrogen and oxygen atoms in total. The zero-order chi connectivity index (χ0) is 9.52. The molecule has 0 aliphatic heterocycles. The molecule has 1 heterocycles. The minimum absolute atomic E-state index is 0.356. The van der Waals surface area contributed by atoms with Gasteiger partial charge >= 0.3 is 0 Å². The second kappa shape index (κ2) is 1.88. The molecule has 1 rings (SSSR count). The standard InChI is InChI=1S/C5H4ClF4NS/c6-12(7,8,9,10)5-2-1-3-11-4-5/h1-4H. The maximum atomic E-state index is 12.3. The van der Waals surface area contributed by atoms with Gasteiger partial charge < -0.3 is 0 Å². The zero-order valence-electron chi connectivity index (χ0n) is 5.55. The van der Waals surface area contributed by atoms with Crippen LogP contribution in [0.5, 0.6) is 0 Å². The average molecular weight is 222 g/mol. The van der Waals surface area contributed by atoms with E-state index in [1.165, 1.54) is 0 Å². The molecule has 1 aromatic rings. The summed E-state index contributed by atoms with van der Waals surface area (Å²) in [4.78, 5) is 1.60. The van der Waals surface area contributed by atoms with E-state index in [-0.39, 0.29) is 0 Å². The molecule has 0 spiro atoms. The van der Waals surface area contributed by atoms with E-state index in [2.05, 4.69) is 15.7 Å². The highest BCUT2D eigenvalue weighted by Crippen LogP contribution is 3.04. The van der Waals surface area contributed by atoms with Crippen molar-refractivity contribution in [2.75, 3.05) is 0 Å². The van der Waals surface area contributed by atoms with Gasteiger partial charge in [0.05, 0.1) is 0 Å². The van der Waals surface area contributed by atoms with Crippen molar-refractivity contribution < 1.29 is 15.5 Å². The second-order valence-corrected chi connectivity index (χ2v) is 6.43. The molecule has 0 fully saturated rings. The first-order valence-corrected chi connectivity index (χ1v) is 5.61. The van der Waals surface area contributed by atoms with Crippen LogP contribution in [0.4, 0.5) is 15.5 Å². The van der Waals surface area contributed by atoms with Crippen molar-refractivity contribution in [1.82, 2.24) is 4.98 Å². The minimum atomic E-state index is -8.52. The number of rotatable bonds is 1. The number of hydrogen-bond acceptors (Lipinski definition) is 1. The van der Waals surface area contributed by atoms with E-state index in [0.717, 1.165) is 12.3 Å². The third kappa shape index (κ3) is 2.25. The van der Waals surface area contributed by atoms with E-state index in [4.69, 9.17) is 0 Å². The monoisotopic (exact) mass is 221 g/mol. The van der Waals surface area contributed by atoms with Crippen molar-refractivity contribution in [1.29, 1.82) is 0 Å². The average Bonchev–Trinajstić information content (AvgIpc) is 1.85. The van der Waals surface area contributed by atoms with E-state index >= 15 is 0 Å². The van der Waals surface area contributed by atoms with Crippen molar-refractivity contribution >= 4 is 19.7 Å². The molecule has 0 unspecified atom stereocenters. The first-order valence-electron chi connectivity index (χ1n) is 2.74. The van der Waals surface area contributed by atoms with Gasteiger partial charge in [-0.15, -0.1) is 15.5 Å². The molecule has 70 valence electrons. The summed E-state index contributed by atoms with van der Waals surface area (Å²) in [5.74, 6) is 0. The van der Waals surface area contributed by atoms with E-state index in [1.807, 2.05) is 0 Å². The summed E-state index contributed by atoms with van der Waals surface area (Å²) >= 11 is 0. The van der Waals surface area contributed by atoms with Crippen LogP contribution in [-0.4, -0.2) is 4.98 Å². The normalized spacial score (nSPS) is 18.1.